The lowest BCUT2D eigenvalue weighted by Gasteiger charge is -2.61. The second kappa shape index (κ2) is 8.27. The van der Waals surface area contributed by atoms with Crippen LogP contribution in [0.3, 0.4) is 0 Å². The number of phenols is 1. The van der Waals surface area contributed by atoms with Crippen molar-refractivity contribution in [2.45, 2.75) is 77.4 Å². The average Bonchev–Trinajstić information content (AvgIpc) is 3.38. The Hall–Kier alpha value is -3.46. The number of aliphatic hydroxyl groups excluding tert-OH is 2. The van der Waals surface area contributed by atoms with Crippen molar-refractivity contribution in [3.8, 4) is 5.75 Å². The maximum atomic E-state index is 14.0. The monoisotopic (exact) mass is 524 g/mol. The van der Waals surface area contributed by atoms with Crippen molar-refractivity contribution in [3.63, 3.8) is 0 Å². The summed E-state index contributed by atoms with van der Waals surface area (Å²) >= 11 is 0. The fourth-order valence-electron chi connectivity index (χ4n) is 7.42. The molecule has 0 saturated heterocycles. The molecule has 0 amide bonds. The van der Waals surface area contributed by atoms with E-state index in [1.165, 1.54) is 13.0 Å². The summed E-state index contributed by atoms with van der Waals surface area (Å²) in [7, 11) is 0. The smallest absolute Gasteiger partial charge is 0.309 e. The van der Waals surface area contributed by atoms with Gasteiger partial charge in [-0.05, 0) is 37.3 Å². The van der Waals surface area contributed by atoms with E-state index < -0.39 is 81.2 Å². The fraction of sp³-hybridized carbons (Fsp3) is 0.517. The molecule has 0 unspecified atom stereocenters. The van der Waals surface area contributed by atoms with Gasteiger partial charge in [-0.25, -0.2) is 0 Å². The Kier molecular flexibility index (Phi) is 5.69. The molecular formula is C29H32O9. The zero-order chi connectivity index (χ0) is 27.9. The van der Waals surface area contributed by atoms with Crippen LogP contribution in [-0.4, -0.2) is 55.5 Å². The Labute approximate surface area is 219 Å². The molecule has 4 aliphatic rings. The summed E-state index contributed by atoms with van der Waals surface area (Å²) in [6, 6.07) is 4.56. The summed E-state index contributed by atoms with van der Waals surface area (Å²) in [6.07, 6.45) is 1.09. The SMILES string of the molecule is CC(=O)C1=C(O)C[C@@]2(C)[C@H](OC(=O)C3CCCC3)[C@]3(C)C(=C(O)[C@@]2(O)C1=O)C(=O)c1c(O)cccc1[C@H]3C. The summed E-state index contributed by atoms with van der Waals surface area (Å²) in [5, 5.41) is 45.2. The summed E-state index contributed by atoms with van der Waals surface area (Å²) in [5.74, 6) is -6.37. The number of Topliss-reactive ketones (excluding diaryl/α,β-unsaturated/α-hetero) is 3. The maximum Gasteiger partial charge on any atom is 0.309 e. The molecule has 202 valence electrons. The zero-order valence-corrected chi connectivity index (χ0v) is 21.8. The number of aromatic hydroxyl groups is 1. The molecule has 5 rings (SSSR count). The number of esters is 1. The van der Waals surface area contributed by atoms with Gasteiger partial charge in [0.1, 0.15) is 28.9 Å². The van der Waals surface area contributed by atoms with E-state index in [2.05, 4.69) is 0 Å². The van der Waals surface area contributed by atoms with Crippen LogP contribution < -0.4 is 0 Å². The molecule has 4 N–H and O–H groups in total. The van der Waals surface area contributed by atoms with E-state index in [4.69, 9.17) is 4.74 Å². The van der Waals surface area contributed by atoms with Gasteiger partial charge in [0.15, 0.2) is 17.2 Å². The van der Waals surface area contributed by atoms with Gasteiger partial charge >= 0.3 is 5.97 Å². The number of fused-ring (bicyclic) bond motifs is 3. The van der Waals surface area contributed by atoms with E-state index in [1.54, 1.807) is 26.0 Å². The Morgan fingerprint density at radius 3 is 2.29 bits per heavy atom. The van der Waals surface area contributed by atoms with Crippen LogP contribution >= 0.6 is 0 Å². The number of carbonyl (C=O) groups excluding carboxylic acids is 4. The van der Waals surface area contributed by atoms with E-state index in [0.717, 1.165) is 19.8 Å². The molecule has 9 nitrogen and oxygen atoms in total. The van der Waals surface area contributed by atoms with E-state index in [9.17, 15) is 39.6 Å². The van der Waals surface area contributed by atoms with Gasteiger partial charge in [0.2, 0.25) is 5.78 Å². The van der Waals surface area contributed by atoms with Crippen molar-refractivity contribution in [1.82, 2.24) is 0 Å². The molecule has 0 bridgehead atoms. The standard InChI is InChI=1S/C29H32O9/c1-13-16-10-7-11-17(31)20(16)22(33)21-24(35)29(37)23(34)19(14(2)30)18(32)12-27(29,3)26(28(13,21)4)38-25(36)15-8-5-6-9-15/h7,10-11,13,15,26,31-32,35,37H,5-6,8-9,12H2,1-4H3/t13-,26+,27+,28+,29+/m1/s1. The zero-order valence-electron chi connectivity index (χ0n) is 21.8. The van der Waals surface area contributed by atoms with Crippen LogP contribution in [0, 0.1) is 16.7 Å². The molecule has 1 fully saturated rings. The van der Waals surface area contributed by atoms with Crippen molar-refractivity contribution < 1.29 is 44.3 Å². The quantitative estimate of drug-likeness (QED) is 0.341. The number of ketones is 3. The van der Waals surface area contributed by atoms with E-state index >= 15 is 0 Å². The Morgan fingerprint density at radius 2 is 1.68 bits per heavy atom. The molecule has 0 aromatic heterocycles. The summed E-state index contributed by atoms with van der Waals surface area (Å²) in [6.45, 7) is 5.84. The number of hydrogen-bond donors (Lipinski definition) is 4. The first-order valence-corrected chi connectivity index (χ1v) is 12.9. The normalized spacial score (nSPS) is 35.1. The Morgan fingerprint density at radius 1 is 1.05 bits per heavy atom. The number of carbonyl (C=O) groups is 4. The second-order valence-electron chi connectivity index (χ2n) is 11.6. The van der Waals surface area contributed by atoms with Crippen LogP contribution in [0.2, 0.25) is 0 Å². The van der Waals surface area contributed by atoms with Crippen LogP contribution in [-0.2, 0) is 19.1 Å². The van der Waals surface area contributed by atoms with Gasteiger partial charge in [-0.15, -0.1) is 0 Å². The minimum absolute atomic E-state index is 0.0828. The molecule has 1 aromatic rings. The van der Waals surface area contributed by atoms with E-state index in [-0.39, 0.29) is 16.9 Å². The summed E-state index contributed by atoms with van der Waals surface area (Å²) in [5.41, 5.74) is -6.83. The second-order valence-corrected chi connectivity index (χ2v) is 11.6. The molecule has 0 spiro atoms. The lowest BCUT2D eigenvalue weighted by molar-refractivity contribution is -0.210. The fourth-order valence-corrected chi connectivity index (χ4v) is 7.42. The number of phenolic OH excluding ortho intramolecular Hbond substituents is 1. The molecular weight excluding hydrogens is 492 g/mol. The molecule has 4 aliphatic carbocycles. The van der Waals surface area contributed by atoms with Gasteiger partial charge < -0.3 is 25.2 Å². The topological polar surface area (TPSA) is 158 Å². The van der Waals surface area contributed by atoms with Gasteiger partial charge in [-0.3, -0.25) is 19.2 Å². The number of rotatable bonds is 3. The van der Waals surface area contributed by atoms with Crippen LogP contribution in [0.25, 0.3) is 0 Å². The van der Waals surface area contributed by atoms with Crippen molar-refractivity contribution >= 4 is 23.3 Å². The number of ether oxygens (including phenoxy) is 1. The number of aliphatic hydroxyl groups is 3. The number of benzene rings is 1. The molecule has 1 saturated carbocycles. The van der Waals surface area contributed by atoms with Gasteiger partial charge in [-0.2, -0.15) is 0 Å². The summed E-state index contributed by atoms with van der Waals surface area (Å²) < 4.78 is 6.16. The number of hydrogen-bond acceptors (Lipinski definition) is 9. The highest BCUT2D eigenvalue weighted by Crippen LogP contribution is 2.66. The van der Waals surface area contributed by atoms with Crippen LogP contribution in [0.15, 0.2) is 40.9 Å². The first kappa shape index (κ1) is 26.2. The highest BCUT2D eigenvalue weighted by Gasteiger charge is 2.74. The molecule has 5 atom stereocenters. The molecule has 1 aromatic carbocycles. The van der Waals surface area contributed by atoms with Gasteiger partial charge in [0, 0.05) is 11.8 Å². The lowest BCUT2D eigenvalue weighted by Crippen LogP contribution is -2.71. The third-order valence-corrected chi connectivity index (χ3v) is 9.62. The first-order chi connectivity index (χ1) is 17.7. The van der Waals surface area contributed by atoms with Crippen LogP contribution in [0.5, 0.6) is 5.75 Å². The molecule has 9 heteroatoms. The minimum atomic E-state index is -2.85. The highest BCUT2D eigenvalue weighted by molar-refractivity contribution is 6.25. The minimum Gasteiger partial charge on any atom is -0.511 e. The van der Waals surface area contributed by atoms with Crippen LogP contribution in [0.1, 0.15) is 81.6 Å². The van der Waals surface area contributed by atoms with E-state index in [0.29, 0.717) is 18.4 Å². The van der Waals surface area contributed by atoms with Crippen LogP contribution in [0.4, 0.5) is 0 Å². The Bertz CT molecular complexity index is 1360. The predicted molar refractivity (Wildman–Crippen MR) is 133 cm³/mol. The average molecular weight is 525 g/mol. The van der Waals surface area contributed by atoms with Crippen molar-refractivity contribution in [3.05, 3.63) is 52.0 Å². The van der Waals surface area contributed by atoms with Gasteiger partial charge in [0.05, 0.1) is 22.5 Å². The van der Waals surface area contributed by atoms with E-state index in [1.807, 2.05) is 0 Å². The van der Waals surface area contributed by atoms with Gasteiger partial charge in [-0.1, -0.05) is 45.7 Å². The first-order valence-electron chi connectivity index (χ1n) is 12.9. The number of allylic oxidation sites excluding steroid dienone is 1. The highest BCUT2D eigenvalue weighted by atomic mass is 16.5. The molecule has 0 radical (unpaired) electrons. The van der Waals surface area contributed by atoms with Crippen molar-refractivity contribution in [2.24, 2.45) is 16.7 Å². The molecule has 38 heavy (non-hydrogen) atoms. The van der Waals surface area contributed by atoms with Gasteiger partial charge in [0.25, 0.3) is 0 Å². The maximum absolute atomic E-state index is 14.0. The molecule has 0 aliphatic heterocycles. The van der Waals surface area contributed by atoms with Crippen molar-refractivity contribution in [2.75, 3.05) is 0 Å². The third-order valence-electron chi connectivity index (χ3n) is 9.62. The third kappa shape index (κ3) is 3.02. The largest absolute Gasteiger partial charge is 0.511 e. The Balaban J connectivity index is 1.83. The predicted octanol–water partition coefficient (Wildman–Crippen LogP) is 3.74. The lowest BCUT2D eigenvalue weighted by atomic mass is 9.44. The summed E-state index contributed by atoms with van der Waals surface area (Å²) in [4.78, 5) is 53.4. The van der Waals surface area contributed by atoms with Crippen molar-refractivity contribution in [1.29, 1.82) is 0 Å². The molecule has 0 heterocycles.